The third-order valence-electron chi connectivity index (χ3n) is 2.42. The molecule has 0 unspecified atom stereocenters. The van der Waals surface area contributed by atoms with Crippen LogP contribution in [-0.2, 0) is 10.0 Å². The van der Waals surface area contributed by atoms with Crippen LogP contribution in [0.15, 0.2) is 38.6 Å². The zero-order valence-corrected chi connectivity index (χ0v) is 14.6. The van der Waals surface area contributed by atoms with Gasteiger partial charge in [0.15, 0.2) is 0 Å². The molecule has 0 spiro atoms. The van der Waals surface area contributed by atoms with Gasteiger partial charge in [0, 0.05) is 10.7 Å². The van der Waals surface area contributed by atoms with Crippen LogP contribution in [-0.4, -0.2) is 13.4 Å². The van der Waals surface area contributed by atoms with Crippen molar-refractivity contribution in [1.82, 2.24) is 4.98 Å². The van der Waals surface area contributed by atoms with Crippen LogP contribution in [0.4, 0.5) is 5.69 Å². The molecule has 0 aliphatic rings. The lowest BCUT2D eigenvalue weighted by Gasteiger charge is -2.11. The summed E-state index contributed by atoms with van der Waals surface area (Å²) in [6, 6.07) is 4.03. The Labute approximate surface area is 143 Å². The molecule has 0 atom stereocenters. The van der Waals surface area contributed by atoms with Crippen molar-refractivity contribution in [3.63, 3.8) is 0 Å². The Morgan fingerprint density at radius 3 is 2.43 bits per heavy atom. The van der Waals surface area contributed by atoms with Crippen molar-refractivity contribution < 1.29 is 8.42 Å². The fourth-order valence-corrected chi connectivity index (χ4v) is 3.58. The number of pyridine rings is 1. The Morgan fingerprint density at radius 1 is 1.14 bits per heavy atom. The van der Waals surface area contributed by atoms with Gasteiger partial charge in [-0.2, -0.15) is 0 Å². The molecule has 0 saturated heterocycles. The summed E-state index contributed by atoms with van der Waals surface area (Å²) in [4.78, 5) is 13.2. The van der Waals surface area contributed by atoms with Crippen molar-refractivity contribution >= 4 is 66.4 Å². The minimum absolute atomic E-state index is 0.0464. The molecule has 1 aromatic heterocycles. The monoisotopic (exact) mass is 430 g/mol. The highest BCUT2D eigenvalue weighted by Crippen LogP contribution is 2.36. The van der Waals surface area contributed by atoms with Crippen LogP contribution in [0.3, 0.4) is 0 Å². The van der Waals surface area contributed by atoms with E-state index in [9.17, 15) is 13.2 Å². The molecule has 21 heavy (non-hydrogen) atoms. The van der Waals surface area contributed by atoms with Gasteiger partial charge in [-0.15, -0.1) is 0 Å². The Kier molecular flexibility index (Phi) is 4.89. The maximum Gasteiger partial charge on any atom is 0.266 e. The predicted octanol–water partition coefficient (Wildman–Crippen LogP) is 3.90. The minimum atomic E-state index is -3.97. The molecule has 0 saturated carbocycles. The second-order valence-corrected chi connectivity index (χ2v) is 7.54. The lowest BCUT2D eigenvalue weighted by Crippen LogP contribution is -2.16. The van der Waals surface area contributed by atoms with Gasteiger partial charge < -0.3 is 4.98 Å². The third kappa shape index (κ3) is 3.54. The van der Waals surface area contributed by atoms with Gasteiger partial charge in [0.25, 0.3) is 15.6 Å². The van der Waals surface area contributed by atoms with E-state index in [4.69, 9.17) is 34.8 Å². The lowest BCUT2D eigenvalue weighted by molar-refractivity contribution is 0.600. The largest absolute Gasteiger partial charge is 0.326 e. The molecule has 1 heterocycles. The van der Waals surface area contributed by atoms with Crippen molar-refractivity contribution in [3.8, 4) is 0 Å². The fraction of sp³-hybridized carbons (Fsp3) is 0. The average molecular weight is 433 g/mol. The molecule has 0 aliphatic heterocycles. The Hall–Kier alpha value is -0.730. The lowest BCUT2D eigenvalue weighted by atomic mass is 10.3. The summed E-state index contributed by atoms with van der Waals surface area (Å²) in [5, 5.41) is -0.0145. The SMILES string of the molecule is O=c1[nH]cc(S(=O)(=O)Nc2ccc(Br)c(Cl)c2Cl)cc1Cl. The van der Waals surface area contributed by atoms with E-state index < -0.39 is 15.6 Å². The number of hydrogen-bond acceptors (Lipinski definition) is 3. The molecule has 1 aromatic carbocycles. The van der Waals surface area contributed by atoms with E-state index in [0.29, 0.717) is 4.47 Å². The van der Waals surface area contributed by atoms with Crippen LogP contribution >= 0.6 is 50.7 Å². The van der Waals surface area contributed by atoms with Crippen molar-refractivity contribution in [2.75, 3.05) is 4.72 Å². The number of anilines is 1. The molecular weight excluding hydrogens is 426 g/mol. The van der Waals surface area contributed by atoms with E-state index in [1.54, 1.807) is 6.07 Å². The van der Waals surface area contributed by atoms with E-state index in [2.05, 4.69) is 25.6 Å². The average Bonchev–Trinajstić information content (AvgIpc) is 2.42. The van der Waals surface area contributed by atoms with Crippen molar-refractivity contribution in [2.24, 2.45) is 0 Å². The first-order valence-corrected chi connectivity index (χ1v) is 8.68. The van der Waals surface area contributed by atoms with Gasteiger partial charge in [-0.1, -0.05) is 34.8 Å². The molecule has 2 rings (SSSR count). The second kappa shape index (κ2) is 6.18. The van der Waals surface area contributed by atoms with Crippen LogP contribution in [0, 0.1) is 0 Å². The van der Waals surface area contributed by atoms with Crippen LogP contribution in [0.2, 0.25) is 15.1 Å². The molecule has 0 radical (unpaired) electrons. The first-order chi connectivity index (χ1) is 9.72. The molecule has 0 amide bonds. The fourth-order valence-electron chi connectivity index (χ4n) is 1.40. The summed E-state index contributed by atoms with van der Waals surface area (Å²) in [5.41, 5.74) is -0.479. The maximum absolute atomic E-state index is 12.2. The van der Waals surface area contributed by atoms with Gasteiger partial charge >= 0.3 is 0 Å². The van der Waals surface area contributed by atoms with Gasteiger partial charge in [0.05, 0.1) is 15.7 Å². The Morgan fingerprint density at radius 2 is 1.81 bits per heavy atom. The standard InChI is InChI=1S/C11H6BrCl3N2O3S/c12-6-1-2-8(10(15)9(6)14)17-21(19,20)5-3-7(13)11(18)16-4-5/h1-4,17H,(H,16,18). The van der Waals surface area contributed by atoms with Crippen molar-refractivity contribution in [3.05, 3.63) is 54.3 Å². The number of hydrogen-bond donors (Lipinski definition) is 2. The number of rotatable bonds is 3. The van der Waals surface area contributed by atoms with Gasteiger partial charge in [-0.3, -0.25) is 9.52 Å². The molecule has 5 nitrogen and oxygen atoms in total. The van der Waals surface area contributed by atoms with Gasteiger partial charge in [0.1, 0.15) is 9.92 Å². The Balaban J connectivity index is 2.44. The summed E-state index contributed by atoms with van der Waals surface area (Å²) < 4.78 is 27.2. The topological polar surface area (TPSA) is 79.0 Å². The smallest absolute Gasteiger partial charge is 0.266 e. The highest BCUT2D eigenvalue weighted by molar-refractivity contribution is 9.10. The van der Waals surface area contributed by atoms with Crippen molar-refractivity contribution in [1.29, 1.82) is 0 Å². The summed E-state index contributed by atoms with van der Waals surface area (Å²) in [6.45, 7) is 0. The molecule has 0 fully saturated rings. The van der Waals surface area contributed by atoms with E-state index >= 15 is 0 Å². The van der Waals surface area contributed by atoms with Crippen LogP contribution in [0.1, 0.15) is 0 Å². The van der Waals surface area contributed by atoms with Crippen LogP contribution in [0.5, 0.6) is 0 Å². The first kappa shape index (κ1) is 16.6. The van der Waals surface area contributed by atoms with E-state index in [1.807, 2.05) is 0 Å². The molecule has 112 valence electrons. The molecule has 2 aromatic rings. The quantitative estimate of drug-likeness (QED) is 0.722. The highest BCUT2D eigenvalue weighted by atomic mass is 79.9. The molecular formula is C11H6BrCl3N2O3S. The van der Waals surface area contributed by atoms with E-state index in [-0.39, 0.29) is 25.7 Å². The number of sulfonamides is 1. The highest BCUT2D eigenvalue weighted by Gasteiger charge is 2.19. The van der Waals surface area contributed by atoms with Gasteiger partial charge in [-0.25, -0.2) is 8.42 Å². The second-order valence-electron chi connectivity index (χ2n) is 3.84. The van der Waals surface area contributed by atoms with E-state index in [0.717, 1.165) is 12.3 Å². The molecule has 10 heteroatoms. The summed E-state index contributed by atoms with van der Waals surface area (Å²) in [5.74, 6) is 0. The Bertz CT molecular complexity index is 868. The third-order valence-corrected chi connectivity index (χ3v) is 5.82. The first-order valence-electron chi connectivity index (χ1n) is 5.27. The van der Waals surface area contributed by atoms with Gasteiger partial charge in [-0.05, 0) is 34.1 Å². The predicted molar refractivity (Wildman–Crippen MR) is 87.0 cm³/mol. The molecule has 0 bridgehead atoms. The molecule has 0 aliphatic carbocycles. The van der Waals surface area contributed by atoms with Crippen molar-refractivity contribution in [2.45, 2.75) is 4.90 Å². The number of halogens is 4. The number of nitrogens with one attached hydrogen (secondary N) is 2. The number of benzene rings is 1. The summed E-state index contributed by atoms with van der Waals surface area (Å²) in [6.07, 6.45) is 1.03. The maximum atomic E-state index is 12.2. The summed E-state index contributed by atoms with van der Waals surface area (Å²) in [7, 11) is -3.97. The number of H-pyrrole nitrogens is 1. The van der Waals surface area contributed by atoms with Crippen LogP contribution in [0.25, 0.3) is 0 Å². The van der Waals surface area contributed by atoms with E-state index in [1.165, 1.54) is 6.07 Å². The molecule has 2 N–H and O–H groups in total. The van der Waals surface area contributed by atoms with Crippen LogP contribution < -0.4 is 10.3 Å². The number of aromatic amines is 1. The normalized spacial score (nSPS) is 11.4. The summed E-state index contributed by atoms with van der Waals surface area (Å²) >= 11 is 20.7. The number of aromatic nitrogens is 1. The zero-order valence-electron chi connectivity index (χ0n) is 9.95. The van der Waals surface area contributed by atoms with Gasteiger partial charge in [0.2, 0.25) is 0 Å². The zero-order chi connectivity index (χ0) is 15.8. The minimum Gasteiger partial charge on any atom is -0.326 e.